The van der Waals surface area contributed by atoms with Crippen molar-refractivity contribution < 1.29 is 31.5 Å². The van der Waals surface area contributed by atoms with Crippen molar-refractivity contribution in [2.45, 2.75) is 35.9 Å². The van der Waals surface area contributed by atoms with Gasteiger partial charge in [0.15, 0.2) is 0 Å². The van der Waals surface area contributed by atoms with Gasteiger partial charge in [0.1, 0.15) is 5.54 Å². The van der Waals surface area contributed by atoms with Crippen LogP contribution in [0.25, 0.3) is 0 Å². The number of sulfonamides is 1. The van der Waals surface area contributed by atoms with Gasteiger partial charge >= 0.3 is 12.1 Å². The molecule has 2 N–H and O–H groups in total. The summed E-state index contributed by atoms with van der Waals surface area (Å²) in [6, 6.07) is 4.70. The standard InChI is InChI=1S/C12H12F3NO4S/c13-12(14,15)11(5-6-11)16-21(19,20)9-3-1-8(2-4-9)7-10(17)18/h1-4,16H,5-7H2,(H,17,18). The van der Waals surface area contributed by atoms with E-state index in [1.807, 2.05) is 0 Å². The number of nitrogens with one attached hydrogen (secondary N) is 1. The third-order valence-electron chi connectivity index (χ3n) is 3.21. The fourth-order valence-corrected chi connectivity index (χ4v) is 3.29. The lowest BCUT2D eigenvalue weighted by molar-refractivity contribution is -0.160. The van der Waals surface area contributed by atoms with Gasteiger partial charge in [-0.15, -0.1) is 0 Å². The van der Waals surface area contributed by atoms with Gasteiger partial charge in [0.2, 0.25) is 10.0 Å². The Morgan fingerprint density at radius 2 is 1.76 bits per heavy atom. The van der Waals surface area contributed by atoms with Gasteiger partial charge < -0.3 is 5.11 Å². The van der Waals surface area contributed by atoms with Crippen LogP contribution in [-0.2, 0) is 21.2 Å². The molecule has 1 aromatic carbocycles. The van der Waals surface area contributed by atoms with Crippen LogP contribution < -0.4 is 4.72 Å². The Hall–Kier alpha value is -1.61. The topological polar surface area (TPSA) is 83.5 Å². The third-order valence-corrected chi connectivity index (χ3v) is 4.76. The van der Waals surface area contributed by atoms with E-state index in [2.05, 4.69) is 0 Å². The summed E-state index contributed by atoms with van der Waals surface area (Å²) >= 11 is 0. The van der Waals surface area contributed by atoms with Crippen LogP contribution in [0.4, 0.5) is 13.2 Å². The first-order chi connectivity index (χ1) is 9.56. The van der Waals surface area contributed by atoms with E-state index < -0.39 is 27.7 Å². The van der Waals surface area contributed by atoms with Crippen LogP contribution in [-0.4, -0.2) is 31.2 Å². The minimum atomic E-state index is -4.64. The summed E-state index contributed by atoms with van der Waals surface area (Å²) < 4.78 is 63.8. The lowest BCUT2D eigenvalue weighted by atomic mass is 10.2. The van der Waals surface area contributed by atoms with E-state index in [4.69, 9.17) is 5.11 Å². The SMILES string of the molecule is O=C(O)Cc1ccc(S(=O)(=O)NC2(C(F)(F)F)CC2)cc1. The Labute approximate surface area is 118 Å². The summed E-state index contributed by atoms with van der Waals surface area (Å²) in [5.74, 6) is -1.09. The first-order valence-electron chi connectivity index (χ1n) is 5.97. The zero-order chi connectivity index (χ0) is 15.9. The summed E-state index contributed by atoms with van der Waals surface area (Å²) in [5, 5.41) is 8.59. The molecule has 0 atom stereocenters. The molecule has 0 aliphatic heterocycles. The number of halogens is 3. The molecule has 116 valence electrons. The van der Waals surface area contributed by atoms with Crippen LogP contribution in [0.5, 0.6) is 0 Å². The smallest absolute Gasteiger partial charge is 0.407 e. The van der Waals surface area contributed by atoms with Gasteiger partial charge in [-0.25, -0.2) is 8.42 Å². The average Bonchev–Trinajstić information content (AvgIpc) is 3.08. The van der Waals surface area contributed by atoms with Crippen molar-refractivity contribution in [3.8, 4) is 0 Å². The maximum absolute atomic E-state index is 12.8. The Balaban J connectivity index is 2.19. The number of carboxylic acid groups (broad SMARTS) is 1. The highest BCUT2D eigenvalue weighted by Crippen LogP contribution is 2.49. The van der Waals surface area contributed by atoms with Crippen LogP contribution in [0.3, 0.4) is 0 Å². The van der Waals surface area contributed by atoms with Gasteiger partial charge in [0.25, 0.3) is 0 Å². The second-order valence-corrected chi connectivity index (χ2v) is 6.58. The summed E-state index contributed by atoms with van der Waals surface area (Å²) in [6.07, 6.45) is -5.50. The predicted octanol–water partition coefficient (Wildman–Crippen LogP) is 1.69. The molecule has 9 heteroatoms. The first-order valence-corrected chi connectivity index (χ1v) is 7.46. The fourth-order valence-electron chi connectivity index (χ4n) is 1.85. The molecule has 1 saturated carbocycles. The Morgan fingerprint density at radius 1 is 1.24 bits per heavy atom. The quantitative estimate of drug-likeness (QED) is 0.864. The van der Waals surface area contributed by atoms with Crippen molar-refractivity contribution in [3.63, 3.8) is 0 Å². The molecule has 0 saturated heterocycles. The van der Waals surface area contributed by atoms with Gasteiger partial charge in [0.05, 0.1) is 11.3 Å². The number of benzene rings is 1. The Morgan fingerprint density at radius 3 is 2.14 bits per heavy atom. The molecule has 0 bridgehead atoms. The summed E-state index contributed by atoms with van der Waals surface area (Å²) in [5.41, 5.74) is -2.01. The monoisotopic (exact) mass is 323 g/mol. The van der Waals surface area contributed by atoms with E-state index in [0.29, 0.717) is 5.56 Å². The van der Waals surface area contributed by atoms with E-state index in [1.165, 1.54) is 12.1 Å². The van der Waals surface area contributed by atoms with Crippen molar-refractivity contribution in [1.29, 1.82) is 0 Å². The third kappa shape index (κ3) is 3.35. The molecule has 1 aliphatic carbocycles. The molecule has 0 amide bonds. The van der Waals surface area contributed by atoms with Crippen LogP contribution in [0, 0.1) is 0 Å². The largest absolute Gasteiger partial charge is 0.481 e. The van der Waals surface area contributed by atoms with E-state index in [1.54, 1.807) is 4.72 Å². The molecule has 21 heavy (non-hydrogen) atoms. The van der Waals surface area contributed by atoms with E-state index in [-0.39, 0.29) is 24.2 Å². The number of carbonyl (C=O) groups is 1. The maximum Gasteiger partial charge on any atom is 0.407 e. The van der Waals surface area contributed by atoms with Crippen molar-refractivity contribution in [2.24, 2.45) is 0 Å². The van der Waals surface area contributed by atoms with Crippen molar-refractivity contribution >= 4 is 16.0 Å². The van der Waals surface area contributed by atoms with Crippen LogP contribution >= 0.6 is 0 Å². The minimum absolute atomic E-state index is 0.285. The molecule has 0 aromatic heterocycles. The predicted molar refractivity (Wildman–Crippen MR) is 66.1 cm³/mol. The molecular formula is C12H12F3NO4S. The molecule has 0 heterocycles. The lowest BCUT2D eigenvalue weighted by Crippen LogP contribution is -2.47. The average molecular weight is 323 g/mol. The summed E-state index contributed by atoms with van der Waals surface area (Å²) in [6.45, 7) is 0. The van der Waals surface area contributed by atoms with Gasteiger partial charge in [-0.05, 0) is 30.5 Å². The first kappa shape index (κ1) is 15.8. The molecular weight excluding hydrogens is 311 g/mol. The fraction of sp³-hybridized carbons (Fsp3) is 0.417. The molecule has 2 rings (SSSR count). The second kappa shape index (κ2) is 4.99. The van der Waals surface area contributed by atoms with Crippen LogP contribution in [0.1, 0.15) is 18.4 Å². The normalized spacial score (nSPS) is 17.5. The zero-order valence-electron chi connectivity index (χ0n) is 10.6. The highest BCUT2D eigenvalue weighted by molar-refractivity contribution is 7.89. The van der Waals surface area contributed by atoms with Crippen LogP contribution in [0.2, 0.25) is 0 Å². The lowest BCUT2D eigenvalue weighted by Gasteiger charge is -2.20. The van der Waals surface area contributed by atoms with Gasteiger partial charge in [-0.3, -0.25) is 4.79 Å². The van der Waals surface area contributed by atoms with E-state index in [9.17, 15) is 26.4 Å². The molecule has 0 radical (unpaired) electrons. The van der Waals surface area contributed by atoms with Gasteiger partial charge in [-0.1, -0.05) is 12.1 Å². The van der Waals surface area contributed by atoms with Crippen molar-refractivity contribution in [2.75, 3.05) is 0 Å². The maximum atomic E-state index is 12.8. The van der Waals surface area contributed by atoms with Gasteiger partial charge in [0, 0.05) is 0 Å². The highest BCUT2D eigenvalue weighted by atomic mass is 32.2. The number of hydrogen-bond acceptors (Lipinski definition) is 3. The summed E-state index contributed by atoms with van der Waals surface area (Å²) in [7, 11) is -4.30. The number of aliphatic carboxylic acids is 1. The molecule has 5 nitrogen and oxygen atoms in total. The molecule has 0 unspecified atom stereocenters. The molecule has 1 fully saturated rings. The summed E-state index contributed by atoms with van der Waals surface area (Å²) in [4.78, 5) is 10.2. The Kier molecular flexibility index (Phi) is 3.75. The zero-order valence-corrected chi connectivity index (χ0v) is 11.5. The number of rotatable bonds is 5. The second-order valence-electron chi connectivity index (χ2n) is 4.90. The minimum Gasteiger partial charge on any atom is -0.481 e. The van der Waals surface area contributed by atoms with Crippen molar-refractivity contribution in [1.82, 2.24) is 4.72 Å². The van der Waals surface area contributed by atoms with E-state index in [0.717, 1.165) is 12.1 Å². The highest BCUT2D eigenvalue weighted by Gasteiger charge is 2.65. The van der Waals surface area contributed by atoms with Crippen molar-refractivity contribution in [3.05, 3.63) is 29.8 Å². The Bertz CT molecular complexity index is 648. The number of alkyl halides is 3. The molecule has 1 aliphatic rings. The number of carboxylic acids is 1. The number of hydrogen-bond donors (Lipinski definition) is 2. The van der Waals surface area contributed by atoms with E-state index >= 15 is 0 Å². The van der Waals surface area contributed by atoms with Crippen LogP contribution in [0.15, 0.2) is 29.2 Å². The van der Waals surface area contributed by atoms with Gasteiger partial charge in [-0.2, -0.15) is 17.9 Å². The molecule has 1 aromatic rings. The molecule has 0 spiro atoms.